The van der Waals surface area contributed by atoms with Gasteiger partial charge in [-0.3, -0.25) is 19.7 Å². The summed E-state index contributed by atoms with van der Waals surface area (Å²) >= 11 is 0. The lowest BCUT2D eigenvalue weighted by Crippen LogP contribution is -2.46. The van der Waals surface area contributed by atoms with E-state index >= 15 is 0 Å². The molecule has 0 saturated heterocycles. The van der Waals surface area contributed by atoms with Crippen molar-refractivity contribution in [3.05, 3.63) is 33.9 Å². The molecular formula is C17H22N4O6. The predicted octanol–water partition coefficient (Wildman–Crippen LogP) is 1.22. The minimum absolute atomic E-state index is 0.0129. The number of carbonyl (C=O) groups is 3. The Bertz CT molecular complexity index is 762. The fraction of sp³-hybridized carbons (Fsp3) is 0.471. The second kappa shape index (κ2) is 8.47. The first-order chi connectivity index (χ1) is 12.7. The molecule has 1 aromatic carbocycles. The molecule has 3 N–H and O–H groups in total. The number of hydrogen-bond acceptors (Lipinski definition) is 6. The van der Waals surface area contributed by atoms with E-state index < -0.39 is 22.8 Å². The summed E-state index contributed by atoms with van der Waals surface area (Å²) < 4.78 is 0. The molecule has 1 aliphatic carbocycles. The topological polar surface area (TPSA) is 142 Å². The quantitative estimate of drug-likeness (QED) is 0.433. The molecule has 27 heavy (non-hydrogen) atoms. The molecule has 1 unspecified atom stereocenters. The number of carboxylic acid groups (broad SMARTS) is 1. The molecule has 0 radical (unpaired) electrons. The molecule has 0 spiro atoms. The lowest BCUT2D eigenvalue weighted by atomic mass is 10.1. The van der Waals surface area contributed by atoms with Crippen LogP contribution in [0.15, 0.2) is 18.2 Å². The van der Waals surface area contributed by atoms with Crippen molar-refractivity contribution in [1.29, 1.82) is 0 Å². The van der Waals surface area contributed by atoms with Crippen LogP contribution in [0.25, 0.3) is 0 Å². The maximum atomic E-state index is 12.8. The number of nitro groups is 1. The third-order valence-corrected chi connectivity index (χ3v) is 4.19. The van der Waals surface area contributed by atoms with Gasteiger partial charge in [-0.05, 0) is 31.9 Å². The SMILES string of the molecule is CC(=O)NCCN(C(=O)c1ccc(NC2CC2)c([N+](=O)[O-])c1)C(C)C(=O)O. The standard InChI is InChI=1S/C17H22N4O6/c1-10(17(24)25)20(8-7-18-11(2)22)16(23)12-3-6-14(19-13-4-5-13)15(9-12)21(26)27/h3,6,9-10,13,19H,4-5,7-8H2,1-2H3,(H,18,22)(H,24,25). The molecule has 0 heterocycles. The first kappa shape index (κ1) is 20.1. The maximum absolute atomic E-state index is 12.8. The summed E-state index contributed by atoms with van der Waals surface area (Å²) in [4.78, 5) is 47.0. The highest BCUT2D eigenvalue weighted by molar-refractivity contribution is 5.98. The van der Waals surface area contributed by atoms with Crippen LogP contribution in [0.3, 0.4) is 0 Å². The normalized spacial score (nSPS) is 14.1. The van der Waals surface area contributed by atoms with Crippen molar-refractivity contribution < 1.29 is 24.4 Å². The molecule has 2 amide bonds. The summed E-state index contributed by atoms with van der Waals surface area (Å²) in [6.07, 6.45) is 1.87. The highest BCUT2D eigenvalue weighted by Crippen LogP contribution is 2.31. The highest BCUT2D eigenvalue weighted by atomic mass is 16.6. The molecule has 146 valence electrons. The molecule has 10 heteroatoms. The van der Waals surface area contributed by atoms with Gasteiger partial charge in [0.1, 0.15) is 11.7 Å². The van der Waals surface area contributed by atoms with E-state index in [1.165, 1.54) is 26.0 Å². The van der Waals surface area contributed by atoms with Crippen LogP contribution in [0.2, 0.25) is 0 Å². The Kier molecular flexibility index (Phi) is 6.32. The van der Waals surface area contributed by atoms with Crippen molar-refractivity contribution in [1.82, 2.24) is 10.2 Å². The summed E-state index contributed by atoms with van der Waals surface area (Å²) in [6, 6.07) is 3.08. The van der Waals surface area contributed by atoms with Gasteiger partial charge >= 0.3 is 5.97 Å². The van der Waals surface area contributed by atoms with Crippen molar-refractivity contribution in [2.75, 3.05) is 18.4 Å². The number of carbonyl (C=O) groups excluding carboxylic acids is 2. The zero-order valence-electron chi connectivity index (χ0n) is 15.1. The summed E-state index contributed by atoms with van der Waals surface area (Å²) in [5.41, 5.74) is 0.103. The Morgan fingerprint density at radius 2 is 2.04 bits per heavy atom. The molecule has 0 bridgehead atoms. The molecule has 10 nitrogen and oxygen atoms in total. The molecular weight excluding hydrogens is 356 g/mol. The van der Waals surface area contributed by atoms with Gasteiger partial charge in [-0.25, -0.2) is 4.79 Å². The number of rotatable bonds is 9. The van der Waals surface area contributed by atoms with Gasteiger partial charge in [-0.2, -0.15) is 0 Å². The average Bonchev–Trinajstić information content (AvgIpc) is 3.41. The number of benzene rings is 1. The number of aliphatic carboxylic acids is 1. The maximum Gasteiger partial charge on any atom is 0.326 e. The number of hydrogen-bond donors (Lipinski definition) is 3. The van der Waals surface area contributed by atoms with E-state index in [2.05, 4.69) is 10.6 Å². The second-order valence-corrected chi connectivity index (χ2v) is 6.40. The smallest absolute Gasteiger partial charge is 0.326 e. The first-order valence-corrected chi connectivity index (χ1v) is 8.54. The van der Waals surface area contributed by atoms with Crippen LogP contribution in [0.1, 0.15) is 37.0 Å². The van der Waals surface area contributed by atoms with E-state index in [1.54, 1.807) is 0 Å². The van der Waals surface area contributed by atoms with E-state index in [-0.39, 0.29) is 36.3 Å². The number of nitrogens with one attached hydrogen (secondary N) is 2. The molecule has 1 aromatic rings. The number of nitro benzene ring substituents is 1. The van der Waals surface area contributed by atoms with Crippen LogP contribution in [-0.4, -0.2) is 57.9 Å². The van der Waals surface area contributed by atoms with Gasteiger partial charge in [0, 0.05) is 37.7 Å². The van der Waals surface area contributed by atoms with Crippen molar-refractivity contribution in [2.45, 2.75) is 38.8 Å². The first-order valence-electron chi connectivity index (χ1n) is 8.54. The third-order valence-electron chi connectivity index (χ3n) is 4.19. The van der Waals surface area contributed by atoms with Crippen molar-refractivity contribution in [2.24, 2.45) is 0 Å². The average molecular weight is 378 g/mol. The second-order valence-electron chi connectivity index (χ2n) is 6.40. The van der Waals surface area contributed by atoms with Crippen LogP contribution < -0.4 is 10.6 Å². The molecule has 2 rings (SSSR count). The Morgan fingerprint density at radius 3 is 2.56 bits per heavy atom. The van der Waals surface area contributed by atoms with E-state index in [9.17, 15) is 29.6 Å². The number of nitrogens with zero attached hydrogens (tertiary/aromatic N) is 2. The summed E-state index contributed by atoms with van der Waals surface area (Å²) in [5.74, 6) is -2.18. The number of amides is 2. The fourth-order valence-corrected chi connectivity index (χ4v) is 2.51. The minimum atomic E-state index is -1.22. The lowest BCUT2D eigenvalue weighted by Gasteiger charge is -2.26. The Balaban J connectivity index is 2.26. The fourth-order valence-electron chi connectivity index (χ4n) is 2.51. The van der Waals surface area contributed by atoms with Crippen molar-refractivity contribution in [3.8, 4) is 0 Å². The van der Waals surface area contributed by atoms with Gasteiger partial charge in [0.15, 0.2) is 0 Å². The molecule has 1 aliphatic rings. The summed E-state index contributed by atoms with van der Waals surface area (Å²) in [5, 5.41) is 26.1. The van der Waals surface area contributed by atoms with E-state index in [0.717, 1.165) is 23.8 Å². The van der Waals surface area contributed by atoms with Gasteiger partial charge in [-0.15, -0.1) is 0 Å². The highest BCUT2D eigenvalue weighted by Gasteiger charge is 2.29. The Labute approximate surface area is 155 Å². The molecule has 1 atom stereocenters. The van der Waals surface area contributed by atoms with Gasteiger partial charge in [-0.1, -0.05) is 0 Å². The van der Waals surface area contributed by atoms with Gasteiger partial charge in [0.2, 0.25) is 5.91 Å². The van der Waals surface area contributed by atoms with Crippen LogP contribution >= 0.6 is 0 Å². The van der Waals surface area contributed by atoms with Gasteiger partial charge in [0.05, 0.1) is 4.92 Å². The van der Waals surface area contributed by atoms with Crippen molar-refractivity contribution >= 4 is 29.2 Å². The summed E-state index contributed by atoms with van der Waals surface area (Å²) in [6.45, 7) is 2.68. The lowest BCUT2D eigenvalue weighted by molar-refractivity contribution is -0.384. The van der Waals surface area contributed by atoms with E-state index in [4.69, 9.17) is 0 Å². The zero-order valence-corrected chi connectivity index (χ0v) is 15.1. The molecule has 0 aliphatic heterocycles. The number of carboxylic acids is 1. The predicted molar refractivity (Wildman–Crippen MR) is 96.6 cm³/mol. The Morgan fingerprint density at radius 1 is 1.37 bits per heavy atom. The zero-order chi connectivity index (χ0) is 20.1. The molecule has 1 saturated carbocycles. The summed E-state index contributed by atoms with van der Waals surface area (Å²) in [7, 11) is 0. The largest absolute Gasteiger partial charge is 0.480 e. The third kappa shape index (κ3) is 5.40. The van der Waals surface area contributed by atoms with E-state index in [1.807, 2.05) is 0 Å². The van der Waals surface area contributed by atoms with Gasteiger partial charge < -0.3 is 20.6 Å². The van der Waals surface area contributed by atoms with Crippen LogP contribution in [0.5, 0.6) is 0 Å². The Hall–Kier alpha value is -3.17. The van der Waals surface area contributed by atoms with Crippen LogP contribution in [0, 0.1) is 10.1 Å². The van der Waals surface area contributed by atoms with Gasteiger partial charge in [0.25, 0.3) is 11.6 Å². The number of anilines is 1. The molecule has 1 fully saturated rings. The van der Waals surface area contributed by atoms with Crippen molar-refractivity contribution in [3.63, 3.8) is 0 Å². The monoisotopic (exact) mass is 378 g/mol. The van der Waals surface area contributed by atoms with E-state index in [0.29, 0.717) is 5.69 Å². The molecule has 0 aromatic heterocycles. The van der Waals surface area contributed by atoms with Crippen LogP contribution in [-0.2, 0) is 9.59 Å². The van der Waals surface area contributed by atoms with Crippen LogP contribution in [0.4, 0.5) is 11.4 Å². The minimum Gasteiger partial charge on any atom is -0.480 e.